The number of aryl methyl sites for hydroxylation is 1. The second-order valence-corrected chi connectivity index (χ2v) is 7.01. The van der Waals surface area contributed by atoms with Gasteiger partial charge in [0.05, 0.1) is 18.7 Å². The molecule has 0 aromatic carbocycles. The van der Waals surface area contributed by atoms with Crippen LogP contribution in [0.4, 0.5) is 0 Å². The second kappa shape index (κ2) is 6.89. The van der Waals surface area contributed by atoms with Gasteiger partial charge in [-0.05, 0) is 45.4 Å². The van der Waals surface area contributed by atoms with E-state index in [1.165, 1.54) is 17.5 Å². The summed E-state index contributed by atoms with van der Waals surface area (Å²) < 4.78 is 7.14. The quantitative estimate of drug-likeness (QED) is 0.821. The smallest absolute Gasteiger partial charge is 0.0947 e. The zero-order valence-electron chi connectivity index (χ0n) is 14.6. The van der Waals surface area contributed by atoms with Crippen molar-refractivity contribution in [3.05, 3.63) is 42.1 Å². The van der Waals surface area contributed by atoms with E-state index in [1.54, 1.807) is 6.26 Å². The summed E-state index contributed by atoms with van der Waals surface area (Å²) in [4.78, 5) is 5.12. The lowest BCUT2D eigenvalue weighted by atomic mass is 10.00. The first kappa shape index (κ1) is 16.3. The molecule has 0 spiro atoms. The van der Waals surface area contributed by atoms with E-state index in [0.717, 1.165) is 19.5 Å². The summed E-state index contributed by atoms with van der Waals surface area (Å²) in [6.07, 6.45) is 10.0. The Hall–Kier alpha value is -1.59. The highest BCUT2D eigenvalue weighted by molar-refractivity contribution is 5.12. The molecule has 5 nitrogen and oxygen atoms in total. The third-order valence-electron chi connectivity index (χ3n) is 5.13. The Balaban J connectivity index is 1.78. The first-order valence-electron chi connectivity index (χ1n) is 8.49. The van der Waals surface area contributed by atoms with Gasteiger partial charge in [-0.3, -0.25) is 14.5 Å². The SMILES string of the molecule is CC(C)N(C)[C@@H]1CCN(Cc2ccoc2)[C@H]1Cc1cnn(C)c1. The molecule has 0 aliphatic carbocycles. The number of rotatable bonds is 6. The van der Waals surface area contributed by atoms with E-state index in [4.69, 9.17) is 4.42 Å². The summed E-state index contributed by atoms with van der Waals surface area (Å²) in [7, 11) is 4.24. The van der Waals surface area contributed by atoms with Gasteiger partial charge in [-0.25, -0.2) is 0 Å². The number of hydrogen-bond acceptors (Lipinski definition) is 4. The average molecular weight is 316 g/mol. The van der Waals surface area contributed by atoms with E-state index >= 15 is 0 Å². The summed E-state index contributed by atoms with van der Waals surface area (Å²) in [5, 5.41) is 4.33. The topological polar surface area (TPSA) is 37.4 Å². The zero-order valence-corrected chi connectivity index (χ0v) is 14.6. The van der Waals surface area contributed by atoms with Crippen LogP contribution in [0.25, 0.3) is 0 Å². The lowest BCUT2D eigenvalue weighted by molar-refractivity contribution is 0.135. The van der Waals surface area contributed by atoms with E-state index in [1.807, 2.05) is 24.2 Å². The highest BCUT2D eigenvalue weighted by atomic mass is 16.3. The van der Waals surface area contributed by atoms with Crippen LogP contribution >= 0.6 is 0 Å². The maximum atomic E-state index is 5.24. The molecule has 1 saturated heterocycles. The lowest BCUT2D eigenvalue weighted by Gasteiger charge is -2.35. The van der Waals surface area contributed by atoms with E-state index in [0.29, 0.717) is 18.1 Å². The Bertz CT molecular complexity index is 604. The van der Waals surface area contributed by atoms with Gasteiger partial charge in [-0.1, -0.05) is 0 Å². The van der Waals surface area contributed by atoms with E-state index in [2.05, 4.69) is 48.1 Å². The Labute approximate surface area is 138 Å². The molecule has 0 unspecified atom stereocenters. The molecular weight excluding hydrogens is 288 g/mol. The number of aromatic nitrogens is 2. The molecule has 3 rings (SSSR count). The predicted molar refractivity (Wildman–Crippen MR) is 91.1 cm³/mol. The third-order valence-corrected chi connectivity index (χ3v) is 5.13. The summed E-state index contributed by atoms with van der Waals surface area (Å²) in [5.74, 6) is 0. The Morgan fingerprint density at radius 1 is 1.39 bits per heavy atom. The van der Waals surface area contributed by atoms with Gasteiger partial charge in [0.2, 0.25) is 0 Å². The van der Waals surface area contributed by atoms with Crippen molar-refractivity contribution < 1.29 is 4.42 Å². The van der Waals surface area contributed by atoms with Gasteiger partial charge in [0.1, 0.15) is 0 Å². The Morgan fingerprint density at radius 3 is 2.83 bits per heavy atom. The molecule has 0 N–H and O–H groups in total. The largest absolute Gasteiger partial charge is 0.472 e. The lowest BCUT2D eigenvalue weighted by Crippen LogP contribution is -2.47. The number of nitrogens with zero attached hydrogens (tertiary/aromatic N) is 4. The summed E-state index contributed by atoms with van der Waals surface area (Å²) in [6, 6.07) is 3.73. The van der Waals surface area contributed by atoms with Crippen LogP contribution in [0.5, 0.6) is 0 Å². The van der Waals surface area contributed by atoms with Gasteiger partial charge in [0.15, 0.2) is 0 Å². The number of hydrogen-bond donors (Lipinski definition) is 0. The number of likely N-dealkylation sites (tertiary alicyclic amines) is 1. The van der Waals surface area contributed by atoms with Crippen LogP contribution in [-0.2, 0) is 20.0 Å². The molecule has 126 valence electrons. The number of furan rings is 1. The van der Waals surface area contributed by atoms with Gasteiger partial charge in [0.25, 0.3) is 0 Å². The maximum absolute atomic E-state index is 5.24. The molecule has 2 aromatic heterocycles. The molecule has 1 aliphatic heterocycles. The first-order chi connectivity index (χ1) is 11.0. The normalized spacial score (nSPS) is 22.5. The Kier molecular flexibility index (Phi) is 4.87. The maximum Gasteiger partial charge on any atom is 0.0947 e. The standard InChI is InChI=1S/C18H28N4O/c1-14(2)21(4)17-5-7-22(12-15-6-8-23-13-15)18(17)9-16-10-19-20(3)11-16/h6,8,10-11,13-14,17-18H,5,7,9,12H2,1-4H3/t17-,18+/m1/s1. The van der Waals surface area contributed by atoms with Crippen LogP contribution in [0, 0.1) is 0 Å². The monoisotopic (exact) mass is 316 g/mol. The molecule has 2 atom stereocenters. The van der Waals surface area contributed by atoms with E-state index in [9.17, 15) is 0 Å². The highest BCUT2D eigenvalue weighted by Crippen LogP contribution is 2.28. The van der Waals surface area contributed by atoms with Crippen molar-refractivity contribution in [3.8, 4) is 0 Å². The van der Waals surface area contributed by atoms with Gasteiger partial charge < -0.3 is 4.42 Å². The van der Waals surface area contributed by atoms with Crippen molar-refractivity contribution >= 4 is 0 Å². The first-order valence-corrected chi connectivity index (χ1v) is 8.49. The number of likely N-dealkylation sites (N-methyl/N-ethyl adjacent to an activating group) is 1. The van der Waals surface area contributed by atoms with Crippen molar-refractivity contribution in [2.75, 3.05) is 13.6 Å². The average Bonchev–Trinajstić information content (AvgIpc) is 3.23. The fraction of sp³-hybridized carbons (Fsp3) is 0.611. The molecule has 5 heteroatoms. The molecular formula is C18H28N4O. The molecule has 3 heterocycles. The third kappa shape index (κ3) is 3.67. The molecule has 0 radical (unpaired) electrons. The molecule has 0 bridgehead atoms. The summed E-state index contributed by atoms with van der Waals surface area (Å²) >= 11 is 0. The fourth-order valence-electron chi connectivity index (χ4n) is 3.66. The van der Waals surface area contributed by atoms with Gasteiger partial charge in [0, 0.05) is 50.0 Å². The minimum atomic E-state index is 0.515. The molecule has 1 fully saturated rings. The van der Waals surface area contributed by atoms with Crippen molar-refractivity contribution in [1.82, 2.24) is 19.6 Å². The van der Waals surface area contributed by atoms with Gasteiger partial charge in [-0.2, -0.15) is 5.10 Å². The van der Waals surface area contributed by atoms with Crippen LogP contribution in [0.1, 0.15) is 31.4 Å². The predicted octanol–water partition coefficient (Wildman–Crippen LogP) is 2.54. The molecule has 2 aromatic rings. The molecule has 0 saturated carbocycles. The van der Waals surface area contributed by atoms with Crippen molar-refractivity contribution in [2.24, 2.45) is 7.05 Å². The van der Waals surface area contributed by atoms with Gasteiger partial charge in [-0.15, -0.1) is 0 Å². The molecule has 1 aliphatic rings. The summed E-state index contributed by atoms with van der Waals surface area (Å²) in [5.41, 5.74) is 2.58. The second-order valence-electron chi connectivity index (χ2n) is 7.01. The van der Waals surface area contributed by atoms with Crippen LogP contribution in [0.2, 0.25) is 0 Å². The van der Waals surface area contributed by atoms with Crippen LogP contribution < -0.4 is 0 Å². The van der Waals surface area contributed by atoms with Crippen molar-refractivity contribution in [3.63, 3.8) is 0 Å². The molecule has 23 heavy (non-hydrogen) atoms. The van der Waals surface area contributed by atoms with Crippen LogP contribution in [0.15, 0.2) is 35.4 Å². The van der Waals surface area contributed by atoms with Crippen LogP contribution in [-0.4, -0.2) is 51.3 Å². The van der Waals surface area contributed by atoms with E-state index < -0.39 is 0 Å². The zero-order chi connectivity index (χ0) is 16.4. The van der Waals surface area contributed by atoms with Crippen molar-refractivity contribution in [1.29, 1.82) is 0 Å². The van der Waals surface area contributed by atoms with Crippen molar-refractivity contribution in [2.45, 2.75) is 51.4 Å². The van der Waals surface area contributed by atoms with Gasteiger partial charge >= 0.3 is 0 Å². The summed E-state index contributed by atoms with van der Waals surface area (Å²) in [6.45, 7) is 6.65. The van der Waals surface area contributed by atoms with Crippen LogP contribution in [0.3, 0.4) is 0 Å². The Morgan fingerprint density at radius 2 is 2.22 bits per heavy atom. The fourth-order valence-corrected chi connectivity index (χ4v) is 3.66. The minimum absolute atomic E-state index is 0.515. The highest BCUT2D eigenvalue weighted by Gasteiger charge is 2.37. The molecule has 0 amide bonds. The minimum Gasteiger partial charge on any atom is -0.472 e. The van der Waals surface area contributed by atoms with E-state index in [-0.39, 0.29) is 0 Å².